The Labute approximate surface area is 220 Å². The molecule has 2 N–H and O–H groups in total. The Bertz CT molecular complexity index is 1460. The highest BCUT2D eigenvalue weighted by molar-refractivity contribution is 7.89. The van der Waals surface area contributed by atoms with Crippen LogP contribution < -0.4 is 14.8 Å². The number of sulfonamides is 1. The summed E-state index contributed by atoms with van der Waals surface area (Å²) in [6.07, 6.45) is 1.15. The van der Waals surface area contributed by atoms with Gasteiger partial charge in [-0.3, -0.25) is 14.9 Å². The predicted octanol–water partition coefficient (Wildman–Crippen LogP) is 4.63. The summed E-state index contributed by atoms with van der Waals surface area (Å²) in [5.74, 6) is -1.35. The molecule has 2 atom stereocenters. The van der Waals surface area contributed by atoms with E-state index in [0.29, 0.717) is 12.8 Å². The standard InChI is InChI=1S/C25H30FN5O6S/c1-6-15(3)27-24(32)23-17(5)25(30(28-23)19-10-8-9-18(26)13-19)37-21-12-11-20(31(33)34)14-22(21)38(35,36)29-16(4)7-2/h8-16,29H,6-7H2,1-5H3,(H,27,32). The summed E-state index contributed by atoms with van der Waals surface area (Å²) in [5.41, 5.74) is 0.0147. The maximum absolute atomic E-state index is 14.1. The van der Waals surface area contributed by atoms with Crippen molar-refractivity contribution in [3.8, 4) is 17.3 Å². The van der Waals surface area contributed by atoms with E-state index in [-0.39, 0.29) is 34.6 Å². The summed E-state index contributed by atoms with van der Waals surface area (Å²) in [5, 5.41) is 18.6. The number of amides is 1. The number of hydrogen-bond acceptors (Lipinski definition) is 7. The Kier molecular flexibility index (Phi) is 8.84. The summed E-state index contributed by atoms with van der Waals surface area (Å²) in [7, 11) is -4.25. The molecular weight excluding hydrogens is 517 g/mol. The van der Waals surface area contributed by atoms with Crippen LogP contribution in [0.2, 0.25) is 0 Å². The van der Waals surface area contributed by atoms with Gasteiger partial charge in [0.05, 0.1) is 10.6 Å². The van der Waals surface area contributed by atoms with E-state index in [1.807, 2.05) is 13.8 Å². The summed E-state index contributed by atoms with van der Waals surface area (Å²) >= 11 is 0. The van der Waals surface area contributed by atoms with E-state index < -0.39 is 43.3 Å². The fraction of sp³-hybridized carbons (Fsp3) is 0.360. The summed E-state index contributed by atoms with van der Waals surface area (Å²) in [4.78, 5) is 23.2. The average molecular weight is 548 g/mol. The van der Waals surface area contributed by atoms with E-state index in [9.17, 15) is 27.7 Å². The van der Waals surface area contributed by atoms with Gasteiger partial charge in [0.25, 0.3) is 11.6 Å². The Hall–Kier alpha value is -3.84. The molecule has 38 heavy (non-hydrogen) atoms. The van der Waals surface area contributed by atoms with E-state index in [1.54, 1.807) is 20.8 Å². The highest BCUT2D eigenvalue weighted by Crippen LogP contribution is 2.36. The van der Waals surface area contributed by atoms with E-state index in [0.717, 1.165) is 18.2 Å². The molecule has 0 spiro atoms. The number of carbonyl (C=O) groups is 1. The zero-order valence-electron chi connectivity index (χ0n) is 21.7. The quantitative estimate of drug-likeness (QED) is 0.263. The van der Waals surface area contributed by atoms with E-state index >= 15 is 0 Å². The van der Waals surface area contributed by atoms with Gasteiger partial charge in [0.1, 0.15) is 16.5 Å². The number of nitrogens with one attached hydrogen (secondary N) is 2. The molecule has 2 unspecified atom stereocenters. The number of ether oxygens (including phenoxy) is 1. The van der Waals surface area contributed by atoms with E-state index in [2.05, 4.69) is 15.1 Å². The normalized spacial score (nSPS) is 13.1. The fourth-order valence-corrected chi connectivity index (χ4v) is 4.89. The smallest absolute Gasteiger partial charge is 0.272 e. The summed E-state index contributed by atoms with van der Waals surface area (Å²) < 4.78 is 50.1. The van der Waals surface area contributed by atoms with Crippen molar-refractivity contribution in [1.29, 1.82) is 0 Å². The van der Waals surface area contributed by atoms with E-state index in [4.69, 9.17) is 4.74 Å². The van der Waals surface area contributed by atoms with Gasteiger partial charge in [0.15, 0.2) is 5.69 Å². The molecule has 0 bridgehead atoms. The lowest BCUT2D eigenvalue weighted by Crippen LogP contribution is -2.32. The third kappa shape index (κ3) is 6.34. The van der Waals surface area contributed by atoms with Gasteiger partial charge in [-0.05, 0) is 57.9 Å². The van der Waals surface area contributed by atoms with Gasteiger partial charge in [-0.15, -0.1) is 0 Å². The van der Waals surface area contributed by atoms with Crippen LogP contribution in [0.3, 0.4) is 0 Å². The second kappa shape index (κ2) is 11.7. The third-order valence-electron chi connectivity index (χ3n) is 5.93. The molecule has 11 nitrogen and oxygen atoms in total. The predicted molar refractivity (Wildman–Crippen MR) is 139 cm³/mol. The Balaban J connectivity index is 2.20. The molecule has 2 aromatic carbocycles. The van der Waals surface area contributed by atoms with Crippen LogP contribution in [0.25, 0.3) is 5.69 Å². The lowest BCUT2D eigenvalue weighted by Gasteiger charge is -2.16. The van der Waals surface area contributed by atoms with Crippen LogP contribution in [0, 0.1) is 22.9 Å². The molecule has 0 saturated heterocycles. The second-order valence-corrected chi connectivity index (χ2v) is 10.6. The lowest BCUT2D eigenvalue weighted by molar-refractivity contribution is -0.385. The first kappa shape index (κ1) is 28.7. The highest BCUT2D eigenvalue weighted by atomic mass is 32.2. The van der Waals surface area contributed by atoms with Crippen LogP contribution in [0.4, 0.5) is 10.1 Å². The number of carbonyl (C=O) groups excluding carboxylic acids is 1. The number of non-ortho nitro benzene ring substituents is 1. The molecule has 13 heteroatoms. The van der Waals surface area contributed by atoms with Gasteiger partial charge in [0.2, 0.25) is 15.9 Å². The first-order valence-corrected chi connectivity index (χ1v) is 13.5. The van der Waals surface area contributed by atoms with Gasteiger partial charge < -0.3 is 10.1 Å². The minimum Gasteiger partial charge on any atom is -0.437 e. The number of nitro groups is 1. The number of halogens is 1. The van der Waals surface area contributed by atoms with Gasteiger partial charge in [-0.2, -0.15) is 9.78 Å². The molecule has 0 aliphatic heterocycles. The zero-order valence-corrected chi connectivity index (χ0v) is 22.5. The molecule has 0 aliphatic carbocycles. The van der Waals surface area contributed by atoms with Crippen LogP contribution in [0.15, 0.2) is 47.4 Å². The van der Waals surface area contributed by atoms with Crippen molar-refractivity contribution in [3.05, 3.63) is 69.7 Å². The van der Waals surface area contributed by atoms with Gasteiger partial charge >= 0.3 is 0 Å². The Morgan fingerprint density at radius 2 is 1.84 bits per heavy atom. The van der Waals surface area contributed by atoms with Gasteiger partial charge in [-0.1, -0.05) is 19.9 Å². The first-order valence-electron chi connectivity index (χ1n) is 12.0. The SMILES string of the molecule is CCC(C)NC(=O)c1nn(-c2cccc(F)c2)c(Oc2ccc([N+](=O)[O-])cc2S(=O)(=O)NC(C)CC)c1C. The molecule has 3 aromatic rings. The minimum atomic E-state index is -4.25. The van der Waals surface area contributed by atoms with Crippen LogP contribution in [-0.4, -0.2) is 41.1 Å². The number of aromatic nitrogens is 2. The Morgan fingerprint density at radius 1 is 1.16 bits per heavy atom. The molecule has 1 heterocycles. The van der Waals surface area contributed by atoms with E-state index in [1.165, 1.54) is 28.9 Å². The lowest BCUT2D eigenvalue weighted by atomic mass is 10.2. The highest BCUT2D eigenvalue weighted by Gasteiger charge is 2.29. The number of benzene rings is 2. The largest absolute Gasteiger partial charge is 0.437 e. The van der Waals surface area contributed by atoms with Crippen molar-refractivity contribution in [2.45, 2.75) is 64.4 Å². The Morgan fingerprint density at radius 3 is 2.45 bits per heavy atom. The second-order valence-electron chi connectivity index (χ2n) is 8.87. The summed E-state index contributed by atoms with van der Waals surface area (Å²) in [6.45, 7) is 8.72. The maximum Gasteiger partial charge on any atom is 0.272 e. The molecular formula is C25H30FN5O6S. The molecule has 0 fully saturated rings. The number of hydrogen-bond donors (Lipinski definition) is 2. The van der Waals surface area contributed by atoms with Crippen molar-refractivity contribution in [1.82, 2.24) is 19.8 Å². The average Bonchev–Trinajstić information content (AvgIpc) is 3.19. The van der Waals surface area contributed by atoms with Crippen LogP contribution in [0.5, 0.6) is 11.6 Å². The van der Waals surface area contributed by atoms with Crippen LogP contribution >= 0.6 is 0 Å². The van der Waals surface area contributed by atoms with Crippen LogP contribution in [-0.2, 0) is 10.0 Å². The van der Waals surface area contributed by atoms with Gasteiger partial charge in [-0.25, -0.2) is 17.5 Å². The molecule has 0 saturated carbocycles. The molecule has 1 aromatic heterocycles. The number of nitrogens with zero attached hydrogens (tertiary/aromatic N) is 3. The zero-order chi connectivity index (χ0) is 28.2. The monoisotopic (exact) mass is 547 g/mol. The van der Waals surface area contributed by atoms with Crippen molar-refractivity contribution in [3.63, 3.8) is 0 Å². The molecule has 3 rings (SSSR count). The number of nitro benzene ring substituents is 1. The van der Waals surface area contributed by atoms with Gasteiger partial charge in [0, 0.05) is 29.8 Å². The topological polar surface area (TPSA) is 145 Å². The van der Waals surface area contributed by atoms with Crippen molar-refractivity contribution >= 4 is 21.6 Å². The molecule has 204 valence electrons. The van der Waals surface area contributed by atoms with Crippen molar-refractivity contribution in [2.24, 2.45) is 0 Å². The summed E-state index contributed by atoms with van der Waals surface area (Å²) in [6, 6.07) is 7.95. The number of rotatable bonds is 11. The molecule has 0 aliphatic rings. The van der Waals surface area contributed by atoms with Crippen LogP contribution in [0.1, 0.15) is 56.6 Å². The minimum absolute atomic E-state index is 0.00592. The van der Waals surface area contributed by atoms with Crippen molar-refractivity contribution in [2.75, 3.05) is 0 Å². The van der Waals surface area contributed by atoms with Crippen molar-refractivity contribution < 1.29 is 27.3 Å². The fourth-order valence-electron chi connectivity index (χ4n) is 3.41. The molecule has 0 radical (unpaired) electrons. The first-order chi connectivity index (χ1) is 17.9. The maximum atomic E-state index is 14.1. The third-order valence-corrected chi connectivity index (χ3v) is 7.54. The molecule has 1 amide bonds.